The maximum atomic E-state index is 12.3. The van der Waals surface area contributed by atoms with E-state index in [1.54, 1.807) is 30.2 Å². The van der Waals surface area contributed by atoms with Gasteiger partial charge in [0.1, 0.15) is 12.1 Å². The summed E-state index contributed by atoms with van der Waals surface area (Å²) in [6.45, 7) is 4.49. The maximum absolute atomic E-state index is 12.3. The van der Waals surface area contributed by atoms with Crippen molar-refractivity contribution >= 4 is 33.4 Å². The van der Waals surface area contributed by atoms with Gasteiger partial charge < -0.3 is 19.7 Å². The van der Waals surface area contributed by atoms with Gasteiger partial charge in [-0.15, -0.1) is 11.3 Å². The standard InChI is InChI=1S/C17H21N7OS/c25-17(19-3-1-5-22-6-4-18-13-22)24-9-7-23(8-10-24)16-15-14(2-11-26-15)20-12-21-16/h2,4,6,11-13H,1,3,5,7-10H2,(H,19,25). The van der Waals surface area contributed by atoms with Crippen molar-refractivity contribution in [2.24, 2.45) is 0 Å². The van der Waals surface area contributed by atoms with Crippen LogP contribution in [0.1, 0.15) is 6.42 Å². The molecule has 1 aliphatic rings. The molecule has 9 heteroatoms. The predicted molar refractivity (Wildman–Crippen MR) is 101 cm³/mol. The first-order valence-electron chi connectivity index (χ1n) is 8.73. The van der Waals surface area contributed by atoms with E-state index in [4.69, 9.17) is 0 Å². The molecule has 0 atom stereocenters. The van der Waals surface area contributed by atoms with E-state index in [1.807, 2.05) is 27.1 Å². The monoisotopic (exact) mass is 371 g/mol. The van der Waals surface area contributed by atoms with Crippen LogP contribution in [0.5, 0.6) is 0 Å². The van der Waals surface area contributed by atoms with E-state index in [2.05, 4.69) is 25.2 Å². The van der Waals surface area contributed by atoms with Crippen LogP contribution in [-0.2, 0) is 6.54 Å². The molecule has 0 unspecified atom stereocenters. The molecule has 1 aliphatic heterocycles. The molecule has 136 valence electrons. The number of piperazine rings is 1. The highest BCUT2D eigenvalue weighted by Gasteiger charge is 2.23. The number of nitrogens with zero attached hydrogens (tertiary/aromatic N) is 6. The Labute approximate surface area is 155 Å². The lowest BCUT2D eigenvalue weighted by Crippen LogP contribution is -2.52. The molecule has 4 heterocycles. The van der Waals surface area contributed by atoms with Crippen LogP contribution in [0.4, 0.5) is 10.6 Å². The Morgan fingerprint density at radius 1 is 1.23 bits per heavy atom. The molecule has 0 aliphatic carbocycles. The van der Waals surface area contributed by atoms with E-state index in [-0.39, 0.29) is 6.03 Å². The first-order chi connectivity index (χ1) is 12.8. The van der Waals surface area contributed by atoms with Crippen molar-refractivity contribution in [1.29, 1.82) is 0 Å². The molecule has 1 N–H and O–H groups in total. The SMILES string of the molecule is O=C(NCCCn1ccnc1)N1CCN(c2ncnc3ccsc23)CC1. The Kier molecular flexibility index (Phi) is 4.96. The molecule has 0 bridgehead atoms. The van der Waals surface area contributed by atoms with E-state index < -0.39 is 0 Å². The number of imidazole rings is 1. The van der Waals surface area contributed by atoms with Crippen molar-refractivity contribution in [2.75, 3.05) is 37.6 Å². The van der Waals surface area contributed by atoms with Crippen LogP contribution in [0.15, 0.2) is 36.5 Å². The average Bonchev–Trinajstić information content (AvgIpc) is 3.36. The molecule has 0 radical (unpaired) electrons. The Balaban J connectivity index is 1.25. The van der Waals surface area contributed by atoms with E-state index in [9.17, 15) is 4.79 Å². The fourth-order valence-electron chi connectivity index (χ4n) is 3.11. The number of amides is 2. The molecule has 8 nitrogen and oxygen atoms in total. The number of hydrogen-bond donors (Lipinski definition) is 1. The maximum Gasteiger partial charge on any atom is 0.317 e. The summed E-state index contributed by atoms with van der Waals surface area (Å²) in [7, 11) is 0. The molecule has 0 spiro atoms. The van der Waals surface area contributed by atoms with Gasteiger partial charge in [-0.3, -0.25) is 0 Å². The molecule has 1 fully saturated rings. The summed E-state index contributed by atoms with van der Waals surface area (Å²) >= 11 is 1.66. The molecular formula is C17H21N7OS. The smallest absolute Gasteiger partial charge is 0.317 e. The fourth-order valence-corrected chi connectivity index (χ4v) is 3.97. The van der Waals surface area contributed by atoms with Crippen molar-refractivity contribution in [1.82, 2.24) is 29.7 Å². The number of aromatic nitrogens is 4. The minimum atomic E-state index is 0.0132. The van der Waals surface area contributed by atoms with Gasteiger partial charge in [0.05, 0.1) is 16.5 Å². The third kappa shape index (κ3) is 3.62. The van der Waals surface area contributed by atoms with Gasteiger partial charge in [-0.25, -0.2) is 19.7 Å². The number of urea groups is 1. The number of carbonyl (C=O) groups is 1. The van der Waals surface area contributed by atoms with E-state index in [0.29, 0.717) is 19.6 Å². The van der Waals surface area contributed by atoms with E-state index >= 15 is 0 Å². The van der Waals surface area contributed by atoms with Gasteiger partial charge in [0.15, 0.2) is 0 Å². The second kappa shape index (κ2) is 7.69. The predicted octanol–water partition coefficient (Wildman–Crippen LogP) is 1.81. The molecule has 4 rings (SSSR count). The number of nitrogens with one attached hydrogen (secondary N) is 1. The van der Waals surface area contributed by atoms with Crippen LogP contribution in [-0.4, -0.2) is 63.2 Å². The Bertz CT molecular complexity index is 855. The molecule has 3 aromatic rings. The molecule has 26 heavy (non-hydrogen) atoms. The minimum Gasteiger partial charge on any atom is -0.352 e. The lowest BCUT2D eigenvalue weighted by Gasteiger charge is -2.35. The number of fused-ring (bicyclic) bond motifs is 1. The van der Waals surface area contributed by atoms with Crippen LogP contribution in [0.25, 0.3) is 10.2 Å². The van der Waals surface area contributed by atoms with Crippen molar-refractivity contribution in [3.8, 4) is 0 Å². The molecule has 0 saturated carbocycles. The molecule has 0 aromatic carbocycles. The first-order valence-corrected chi connectivity index (χ1v) is 9.61. The van der Waals surface area contributed by atoms with Crippen molar-refractivity contribution in [2.45, 2.75) is 13.0 Å². The van der Waals surface area contributed by atoms with Crippen molar-refractivity contribution in [3.05, 3.63) is 36.5 Å². The Hall–Kier alpha value is -2.68. The minimum absolute atomic E-state index is 0.0132. The topological polar surface area (TPSA) is 79.2 Å². The molecular weight excluding hydrogens is 350 g/mol. The van der Waals surface area contributed by atoms with Crippen LogP contribution in [0, 0.1) is 0 Å². The number of thiophene rings is 1. The lowest BCUT2D eigenvalue weighted by molar-refractivity contribution is 0.194. The summed E-state index contributed by atoms with van der Waals surface area (Å²) in [5.41, 5.74) is 0.984. The second-order valence-electron chi connectivity index (χ2n) is 6.19. The van der Waals surface area contributed by atoms with Gasteiger partial charge in [0.2, 0.25) is 0 Å². The molecule has 3 aromatic heterocycles. The van der Waals surface area contributed by atoms with Crippen molar-refractivity contribution < 1.29 is 4.79 Å². The third-order valence-corrected chi connectivity index (χ3v) is 5.42. The first kappa shape index (κ1) is 16.8. The van der Waals surface area contributed by atoms with Crippen LogP contribution in [0.2, 0.25) is 0 Å². The van der Waals surface area contributed by atoms with Crippen LogP contribution >= 0.6 is 11.3 Å². The van der Waals surface area contributed by atoms with Crippen LogP contribution < -0.4 is 10.2 Å². The third-order valence-electron chi connectivity index (χ3n) is 4.52. The highest BCUT2D eigenvalue weighted by molar-refractivity contribution is 7.17. The summed E-state index contributed by atoms with van der Waals surface area (Å²) in [6.07, 6.45) is 7.99. The summed E-state index contributed by atoms with van der Waals surface area (Å²) in [4.78, 5) is 29.2. The quantitative estimate of drug-likeness (QED) is 0.692. The highest BCUT2D eigenvalue weighted by atomic mass is 32.1. The molecule has 2 amide bonds. The van der Waals surface area contributed by atoms with Gasteiger partial charge in [0, 0.05) is 51.7 Å². The van der Waals surface area contributed by atoms with Gasteiger partial charge in [0.25, 0.3) is 0 Å². The average molecular weight is 371 g/mol. The fraction of sp³-hybridized carbons (Fsp3) is 0.412. The summed E-state index contributed by atoms with van der Waals surface area (Å²) in [6, 6.07) is 2.03. The Morgan fingerprint density at radius 2 is 2.12 bits per heavy atom. The zero-order valence-electron chi connectivity index (χ0n) is 14.4. The van der Waals surface area contributed by atoms with Gasteiger partial charge in [-0.05, 0) is 17.9 Å². The largest absolute Gasteiger partial charge is 0.352 e. The number of carbonyl (C=O) groups excluding carboxylic acids is 1. The normalized spacial score (nSPS) is 14.8. The van der Waals surface area contributed by atoms with Gasteiger partial charge in [-0.1, -0.05) is 0 Å². The second-order valence-corrected chi connectivity index (χ2v) is 7.11. The van der Waals surface area contributed by atoms with Crippen molar-refractivity contribution in [3.63, 3.8) is 0 Å². The van der Waals surface area contributed by atoms with E-state index in [1.165, 1.54) is 0 Å². The van der Waals surface area contributed by atoms with Gasteiger partial charge >= 0.3 is 6.03 Å². The lowest BCUT2D eigenvalue weighted by atomic mass is 10.3. The van der Waals surface area contributed by atoms with E-state index in [0.717, 1.165) is 42.1 Å². The number of hydrogen-bond acceptors (Lipinski definition) is 6. The molecule has 1 saturated heterocycles. The zero-order valence-corrected chi connectivity index (χ0v) is 15.2. The number of rotatable bonds is 5. The summed E-state index contributed by atoms with van der Waals surface area (Å²) in [5, 5.41) is 5.04. The summed E-state index contributed by atoms with van der Waals surface area (Å²) < 4.78 is 3.13. The zero-order chi connectivity index (χ0) is 17.8. The number of aryl methyl sites for hydroxylation is 1. The van der Waals surface area contributed by atoms with Gasteiger partial charge in [-0.2, -0.15) is 0 Å². The highest BCUT2D eigenvalue weighted by Crippen LogP contribution is 2.28. The van der Waals surface area contributed by atoms with Crippen LogP contribution in [0.3, 0.4) is 0 Å². The summed E-state index contributed by atoms with van der Waals surface area (Å²) in [5.74, 6) is 0.977. The Morgan fingerprint density at radius 3 is 2.92 bits per heavy atom. The number of anilines is 1.